The molecule has 1 saturated heterocycles. The third-order valence-corrected chi connectivity index (χ3v) is 4.58. The van der Waals surface area contributed by atoms with Crippen molar-refractivity contribution in [3.05, 3.63) is 12.2 Å². The maximum absolute atomic E-state index is 9.15. The summed E-state index contributed by atoms with van der Waals surface area (Å²) in [5.74, 6) is 3.53. The smallest absolute Gasteiger partial charge is 0.0584 e. The molecule has 0 spiro atoms. The predicted molar refractivity (Wildman–Crippen MR) is 55.8 cm³/mol. The third-order valence-electron chi connectivity index (χ3n) is 4.58. The van der Waals surface area contributed by atoms with Crippen LogP contribution in [0.2, 0.25) is 0 Å². The van der Waals surface area contributed by atoms with Gasteiger partial charge in [0, 0.05) is 19.1 Å². The van der Waals surface area contributed by atoms with Crippen LogP contribution in [0.4, 0.5) is 0 Å². The van der Waals surface area contributed by atoms with Gasteiger partial charge in [0.05, 0.1) is 6.61 Å². The van der Waals surface area contributed by atoms with Gasteiger partial charge < -0.3 is 5.11 Å². The Morgan fingerprint density at radius 2 is 1.86 bits per heavy atom. The zero-order chi connectivity index (χ0) is 9.71. The van der Waals surface area contributed by atoms with E-state index in [1.165, 1.54) is 19.5 Å². The predicted octanol–water partition coefficient (Wildman–Crippen LogP) is 1.12. The fourth-order valence-corrected chi connectivity index (χ4v) is 3.66. The maximum Gasteiger partial charge on any atom is 0.0584 e. The molecular weight excluding hydrogens is 174 g/mol. The van der Waals surface area contributed by atoms with Crippen LogP contribution >= 0.6 is 0 Å². The van der Waals surface area contributed by atoms with Crippen molar-refractivity contribution in [3.63, 3.8) is 0 Å². The largest absolute Gasteiger partial charge is 0.395 e. The molecule has 2 nitrogen and oxygen atoms in total. The average molecular weight is 193 g/mol. The molecule has 2 bridgehead atoms. The van der Waals surface area contributed by atoms with Gasteiger partial charge in [-0.2, -0.15) is 0 Å². The lowest BCUT2D eigenvalue weighted by atomic mass is 9.86. The molecule has 2 heteroatoms. The van der Waals surface area contributed by atoms with E-state index in [0.717, 1.165) is 23.7 Å². The summed E-state index contributed by atoms with van der Waals surface area (Å²) in [5.41, 5.74) is 0. The monoisotopic (exact) mass is 193 g/mol. The highest BCUT2D eigenvalue weighted by Crippen LogP contribution is 2.51. The number of nitrogens with zero attached hydrogens (tertiary/aromatic N) is 1. The summed E-state index contributed by atoms with van der Waals surface area (Å²) in [6.07, 6.45) is 6.27. The van der Waals surface area contributed by atoms with Gasteiger partial charge in [0.15, 0.2) is 0 Å². The van der Waals surface area contributed by atoms with Crippen LogP contribution in [0.1, 0.15) is 13.3 Å². The molecule has 14 heavy (non-hydrogen) atoms. The average Bonchev–Trinajstić information content (AvgIpc) is 2.87. The molecule has 0 amide bonds. The highest BCUT2D eigenvalue weighted by molar-refractivity contribution is 5.16. The maximum atomic E-state index is 9.15. The Labute approximate surface area is 85.6 Å². The van der Waals surface area contributed by atoms with Gasteiger partial charge in [0.25, 0.3) is 0 Å². The minimum Gasteiger partial charge on any atom is -0.395 e. The Kier molecular flexibility index (Phi) is 1.96. The normalized spacial score (nSPS) is 47.3. The number of aliphatic hydroxyl groups excluding tert-OH is 1. The number of likely N-dealkylation sites (tertiary alicyclic amines) is 1. The summed E-state index contributed by atoms with van der Waals surface area (Å²) < 4.78 is 0. The van der Waals surface area contributed by atoms with E-state index in [-0.39, 0.29) is 0 Å². The van der Waals surface area contributed by atoms with E-state index in [1.54, 1.807) is 0 Å². The minimum atomic E-state index is 0.308. The van der Waals surface area contributed by atoms with Crippen molar-refractivity contribution in [1.29, 1.82) is 0 Å². The summed E-state index contributed by atoms with van der Waals surface area (Å²) in [6.45, 7) is 4.88. The first-order chi connectivity index (χ1) is 6.79. The minimum absolute atomic E-state index is 0.308. The van der Waals surface area contributed by atoms with Crippen LogP contribution in [-0.4, -0.2) is 35.7 Å². The molecule has 5 atom stereocenters. The van der Waals surface area contributed by atoms with Crippen molar-refractivity contribution in [2.24, 2.45) is 23.7 Å². The molecule has 1 saturated carbocycles. The van der Waals surface area contributed by atoms with Gasteiger partial charge in [0.2, 0.25) is 0 Å². The molecule has 2 aliphatic carbocycles. The molecule has 78 valence electrons. The van der Waals surface area contributed by atoms with Crippen molar-refractivity contribution >= 4 is 0 Å². The number of rotatable bonds is 2. The van der Waals surface area contributed by atoms with Crippen LogP contribution in [-0.2, 0) is 0 Å². The summed E-state index contributed by atoms with van der Waals surface area (Å²) in [7, 11) is 0. The van der Waals surface area contributed by atoms with Gasteiger partial charge in [-0.3, -0.25) is 4.90 Å². The number of fused-ring (bicyclic) bond motifs is 5. The molecule has 0 aromatic rings. The zero-order valence-electron chi connectivity index (χ0n) is 8.76. The van der Waals surface area contributed by atoms with Crippen molar-refractivity contribution in [2.75, 3.05) is 19.7 Å². The second-order valence-electron chi connectivity index (χ2n) is 5.26. The summed E-state index contributed by atoms with van der Waals surface area (Å²) in [6, 6.07) is 0.361. The Bertz CT molecular complexity index is 243. The van der Waals surface area contributed by atoms with Crippen molar-refractivity contribution in [1.82, 2.24) is 4.90 Å². The van der Waals surface area contributed by atoms with Crippen molar-refractivity contribution < 1.29 is 5.11 Å². The summed E-state index contributed by atoms with van der Waals surface area (Å²) in [5, 5.41) is 9.15. The lowest BCUT2D eigenvalue weighted by molar-refractivity contribution is 0.147. The first-order valence-corrected chi connectivity index (χ1v) is 5.83. The summed E-state index contributed by atoms with van der Waals surface area (Å²) in [4.78, 5) is 2.47. The standard InChI is InChI=1S/C12H19NO/c1-8(7-14)13-5-11-9-2-3-10(4-9)12(11)6-13/h2-3,8-12,14H,4-7H2,1H3. The number of aliphatic hydroxyl groups is 1. The molecule has 1 aliphatic heterocycles. The SMILES string of the molecule is CC(CO)N1CC2C3C=CC(C3)C2C1. The molecule has 3 aliphatic rings. The van der Waals surface area contributed by atoms with Crippen LogP contribution in [0.15, 0.2) is 12.2 Å². The van der Waals surface area contributed by atoms with E-state index < -0.39 is 0 Å². The topological polar surface area (TPSA) is 23.5 Å². The van der Waals surface area contributed by atoms with Crippen LogP contribution < -0.4 is 0 Å². The van der Waals surface area contributed by atoms with E-state index in [4.69, 9.17) is 5.11 Å². The van der Waals surface area contributed by atoms with Crippen LogP contribution in [0.25, 0.3) is 0 Å². The van der Waals surface area contributed by atoms with Gasteiger partial charge in [-0.15, -0.1) is 0 Å². The lowest BCUT2D eigenvalue weighted by Crippen LogP contribution is -2.34. The Morgan fingerprint density at radius 3 is 2.36 bits per heavy atom. The molecular formula is C12H19NO. The zero-order valence-corrected chi connectivity index (χ0v) is 8.76. The highest BCUT2D eigenvalue weighted by atomic mass is 16.3. The third kappa shape index (κ3) is 1.10. The summed E-state index contributed by atoms with van der Waals surface area (Å²) >= 11 is 0. The van der Waals surface area contributed by atoms with Crippen LogP contribution in [0.5, 0.6) is 0 Å². The Balaban J connectivity index is 1.73. The molecule has 1 N–H and O–H groups in total. The first kappa shape index (κ1) is 8.93. The number of hydrogen-bond donors (Lipinski definition) is 1. The second-order valence-corrected chi connectivity index (χ2v) is 5.26. The van der Waals surface area contributed by atoms with E-state index in [1.807, 2.05) is 0 Å². The quantitative estimate of drug-likeness (QED) is 0.664. The van der Waals surface area contributed by atoms with Crippen molar-refractivity contribution in [3.8, 4) is 0 Å². The first-order valence-electron chi connectivity index (χ1n) is 5.83. The van der Waals surface area contributed by atoms with Gasteiger partial charge in [-0.25, -0.2) is 0 Å². The van der Waals surface area contributed by atoms with Gasteiger partial charge in [0.1, 0.15) is 0 Å². The van der Waals surface area contributed by atoms with E-state index in [9.17, 15) is 0 Å². The fourth-order valence-electron chi connectivity index (χ4n) is 3.66. The fraction of sp³-hybridized carbons (Fsp3) is 0.833. The van der Waals surface area contributed by atoms with Crippen LogP contribution in [0, 0.1) is 23.7 Å². The molecule has 0 radical (unpaired) electrons. The molecule has 1 heterocycles. The number of allylic oxidation sites excluding steroid dienone is 2. The van der Waals surface area contributed by atoms with Gasteiger partial charge in [-0.1, -0.05) is 12.2 Å². The molecule has 0 aromatic heterocycles. The highest BCUT2D eigenvalue weighted by Gasteiger charge is 2.49. The molecule has 2 fully saturated rings. The Hall–Kier alpha value is -0.340. The number of hydrogen-bond acceptors (Lipinski definition) is 2. The Morgan fingerprint density at radius 1 is 1.29 bits per heavy atom. The van der Waals surface area contributed by atoms with Crippen molar-refractivity contribution in [2.45, 2.75) is 19.4 Å². The lowest BCUT2D eigenvalue weighted by Gasteiger charge is -2.23. The van der Waals surface area contributed by atoms with Gasteiger partial charge >= 0.3 is 0 Å². The van der Waals surface area contributed by atoms with E-state index in [0.29, 0.717) is 12.6 Å². The van der Waals surface area contributed by atoms with E-state index >= 15 is 0 Å². The molecule has 3 rings (SSSR count). The second kappa shape index (κ2) is 3.07. The van der Waals surface area contributed by atoms with Gasteiger partial charge in [-0.05, 0) is 37.0 Å². The van der Waals surface area contributed by atoms with E-state index in [2.05, 4.69) is 24.0 Å². The van der Waals surface area contributed by atoms with Crippen LogP contribution in [0.3, 0.4) is 0 Å². The molecule has 0 aromatic carbocycles. The molecule has 5 unspecified atom stereocenters.